The number of aromatic nitrogens is 4. The molecule has 0 bridgehead atoms. The first-order valence-electron chi connectivity index (χ1n) is 11.3. The molecule has 5 rings (SSSR count). The predicted molar refractivity (Wildman–Crippen MR) is 122 cm³/mol. The third kappa shape index (κ3) is 3.68. The van der Waals surface area contributed by atoms with E-state index in [4.69, 9.17) is 4.98 Å². The molecule has 2 aromatic heterocycles. The van der Waals surface area contributed by atoms with Gasteiger partial charge in [-0.1, -0.05) is 6.42 Å². The summed E-state index contributed by atoms with van der Waals surface area (Å²) in [5.41, 5.74) is 5.53. The van der Waals surface area contributed by atoms with Gasteiger partial charge >= 0.3 is 0 Å². The molecular weight excluding hydrogens is 392 g/mol. The van der Waals surface area contributed by atoms with Crippen LogP contribution < -0.4 is 10.6 Å². The van der Waals surface area contributed by atoms with Crippen molar-refractivity contribution in [2.75, 3.05) is 10.6 Å². The molecule has 0 radical (unpaired) electrons. The monoisotopic (exact) mass is 424 g/mol. The molecule has 0 spiro atoms. The van der Waals surface area contributed by atoms with Gasteiger partial charge in [0.1, 0.15) is 5.82 Å². The Morgan fingerprint density at radius 1 is 1.23 bits per heavy atom. The predicted octanol–water partition coefficient (Wildman–Crippen LogP) is 3.61. The lowest BCUT2D eigenvalue weighted by Gasteiger charge is -2.32. The van der Waals surface area contributed by atoms with Crippen LogP contribution in [0.5, 0.6) is 0 Å². The van der Waals surface area contributed by atoms with Crippen LogP contribution in [0.2, 0.25) is 0 Å². The molecule has 1 aromatic carbocycles. The van der Waals surface area contributed by atoms with Crippen molar-refractivity contribution in [2.45, 2.75) is 70.7 Å². The first-order chi connectivity index (χ1) is 14.9. The number of nitrogens with zero attached hydrogens (tertiary/aromatic N) is 4. The van der Waals surface area contributed by atoms with Gasteiger partial charge in [-0.15, -0.1) is 0 Å². The molecule has 4 N–H and O–H groups in total. The fourth-order valence-electron chi connectivity index (χ4n) is 5.31. The number of rotatable bonds is 4. The molecule has 3 atom stereocenters. The molecular formula is C23H32N6O2. The van der Waals surface area contributed by atoms with Crippen LogP contribution in [-0.2, 0) is 13.5 Å². The average Bonchev–Trinajstić information content (AvgIpc) is 3.26. The zero-order chi connectivity index (χ0) is 21.7. The Labute approximate surface area is 182 Å². The summed E-state index contributed by atoms with van der Waals surface area (Å²) in [6.07, 6.45) is 4.37. The third-order valence-corrected chi connectivity index (χ3v) is 6.91. The Hall–Kier alpha value is -2.58. The standard InChI is InChI=1S/C23H32N6O2/c1-13-7-8-17-18(24-13)9-10-19-21(17)26-23(25-20-11-14(2)27-28(20)3)29(19)16-6-4-5-15(12-16)22(30)31/h9-11,13,15-16,22,24,30-31H,4-8,12H2,1-3H3,(H,25,26)/t13?,15?,16-/m1/s1. The summed E-state index contributed by atoms with van der Waals surface area (Å²) in [7, 11) is 1.92. The van der Waals surface area contributed by atoms with E-state index in [9.17, 15) is 10.2 Å². The van der Waals surface area contributed by atoms with E-state index >= 15 is 0 Å². The Balaban J connectivity index is 1.63. The lowest BCUT2D eigenvalue weighted by Crippen LogP contribution is -2.28. The minimum Gasteiger partial charge on any atom is -0.382 e. The highest BCUT2D eigenvalue weighted by molar-refractivity contribution is 5.88. The van der Waals surface area contributed by atoms with Gasteiger partial charge in [-0.3, -0.25) is 4.68 Å². The molecule has 1 aliphatic carbocycles. The van der Waals surface area contributed by atoms with E-state index in [1.807, 2.05) is 24.7 Å². The fraction of sp³-hybridized carbons (Fsp3) is 0.565. The summed E-state index contributed by atoms with van der Waals surface area (Å²) >= 11 is 0. The van der Waals surface area contributed by atoms with Crippen LogP contribution in [0.1, 0.15) is 56.3 Å². The van der Waals surface area contributed by atoms with E-state index in [2.05, 4.69) is 39.4 Å². The molecule has 3 aromatic rings. The minimum absolute atomic E-state index is 0.108. The van der Waals surface area contributed by atoms with Gasteiger partial charge < -0.3 is 25.4 Å². The Morgan fingerprint density at radius 3 is 2.81 bits per heavy atom. The number of anilines is 3. The van der Waals surface area contributed by atoms with Crippen LogP contribution >= 0.6 is 0 Å². The molecule has 1 aliphatic heterocycles. The molecule has 166 valence electrons. The maximum absolute atomic E-state index is 9.83. The van der Waals surface area contributed by atoms with Gasteiger partial charge in [0.25, 0.3) is 0 Å². The van der Waals surface area contributed by atoms with Gasteiger partial charge in [-0.2, -0.15) is 5.10 Å². The van der Waals surface area contributed by atoms with Gasteiger partial charge in [0, 0.05) is 42.4 Å². The largest absolute Gasteiger partial charge is 0.382 e. The second-order valence-corrected chi connectivity index (χ2v) is 9.26. The summed E-state index contributed by atoms with van der Waals surface area (Å²) in [6.45, 7) is 4.19. The number of benzene rings is 1. The number of nitrogens with one attached hydrogen (secondary N) is 2. The van der Waals surface area contributed by atoms with Crippen LogP contribution in [0.4, 0.5) is 17.5 Å². The van der Waals surface area contributed by atoms with Crippen LogP contribution in [-0.4, -0.2) is 41.9 Å². The zero-order valence-electron chi connectivity index (χ0n) is 18.5. The first-order valence-corrected chi connectivity index (χ1v) is 11.3. The van der Waals surface area contributed by atoms with Crippen molar-refractivity contribution in [3.05, 3.63) is 29.5 Å². The van der Waals surface area contributed by atoms with Crippen molar-refractivity contribution in [1.29, 1.82) is 0 Å². The molecule has 0 saturated heterocycles. The van der Waals surface area contributed by atoms with E-state index < -0.39 is 6.29 Å². The number of hydrogen-bond acceptors (Lipinski definition) is 6. The topological polar surface area (TPSA) is 100 Å². The van der Waals surface area contributed by atoms with Gasteiger partial charge in [-0.05, 0) is 58.1 Å². The highest BCUT2D eigenvalue weighted by Gasteiger charge is 2.31. The van der Waals surface area contributed by atoms with Gasteiger partial charge in [-0.25, -0.2) is 4.98 Å². The maximum Gasteiger partial charge on any atom is 0.209 e. The van der Waals surface area contributed by atoms with Crippen LogP contribution in [0.3, 0.4) is 0 Å². The minimum atomic E-state index is -1.27. The Bertz CT molecular complexity index is 1100. The molecule has 31 heavy (non-hydrogen) atoms. The highest BCUT2D eigenvalue weighted by Crippen LogP contribution is 2.41. The highest BCUT2D eigenvalue weighted by atomic mass is 16.5. The number of aliphatic hydroxyl groups is 2. The van der Waals surface area contributed by atoms with E-state index in [1.165, 1.54) is 11.3 Å². The second-order valence-electron chi connectivity index (χ2n) is 9.26. The summed E-state index contributed by atoms with van der Waals surface area (Å²) < 4.78 is 4.11. The number of hydrogen-bond donors (Lipinski definition) is 4. The number of aryl methyl sites for hydroxylation is 3. The normalized spacial score (nSPS) is 23.7. The average molecular weight is 425 g/mol. The molecule has 3 heterocycles. The summed E-state index contributed by atoms with van der Waals surface area (Å²) in [5, 5.41) is 31.2. The van der Waals surface area contributed by atoms with Gasteiger partial charge in [0.15, 0.2) is 6.29 Å². The van der Waals surface area contributed by atoms with Crippen molar-refractivity contribution >= 4 is 28.5 Å². The van der Waals surface area contributed by atoms with E-state index in [-0.39, 0.29) is 12.0 Å². The Kier molecular flexibility index (Phi) is 5.14. The number of aliphatic hydroxyl groups excluding tert-OH is 1. The van der Waals surface area contributed by atoms with E-state index in [1.54, 1.807) is 0 Å². The molecule has 0 amide bonds. The molecule has 8 heteroatoms. The van der Waals surface area contributed by atoms with Crippen LogP contribution in [0.25, 0.3) is 11.0 Å². The molecule has 2 unspecified atom stereocenters. The van der Waals surface area contributed by atoms with Crippen LogP contribution in [0, 0.1) is 12.8 Å². The summed E-state index contributed by atoms with van der Waals surface area (Å²) in [6, 6.07) is 6.97. The molecule has 1 fully saturated rings. The van der Waals surface area contributed by atoms with Crippen molar-refractivity contribution in [2.24, 2.45) is 13.0 Å². The van der Waals surface area contributed by atoms with E-state index in [0.29, 0.717) is 6.04 Å². The first kappa shape index (κ1) is 20.3. The zero-order valence-corrected chi connectivity index (χ0v) is 18.5. The van der Waals surface area contributed by atoms with Gasteiger partial charge in [0.2, 0.25) is 5.95 Å². The summed E-state index contributed by atoms with van der Waals surface area (Å²) in [5.74, 6) is 1.58. The third-order valence-electron chi connectivity index (χ3n) is 6.91. The van der Waals surface area contributed by atoms with Crippen molar-refractivity contribution < 1.29 is 10.2 Å². The SMILES string of the molecule is Cc1cc(Nc2nc3c4c(ccc3n2[C@@H]2CCCC(C(O)O)C2)NC(C)CC4)n(C)n1. The quantitative estimate of drug-likeness (QED) is 0.478. The van der Waals surface area contributed by atoms with Gasteiger partial charge in [0.05, 0.1) is 16.7 Å². The maximum atomic E-state index is 9.83. The fourth-order valence-corrected chi connectivity index (χ4v) is 5.31. The summed E-state index contributed by atoms with van der Waals surface area (Å²) in [4.78, 5) is 5.09. The smallest absolute Gasteiger partial charge is 0.209 e. The van der Waals surface area contributed by atoms with Crippen molar-refractivity contribution in [3.63, 3.8) is 0 Å². The molecule has 8 nitrogen and oxygen atoms in total. The van der Waals surface area contributed by atoms with Crippen molar-refractivity contribution in [3.8, 4) is 0 Å². The lowest BCUT2D eigenvalue weighted by atomic mass is 9.85. The number of fused-ring (bicyclic) bond motifs is 3. The molecule has 2 aliphatic rings. The van der Waals surface area contributed by atoms with E-state index in [0.717, 1.165) is 67.0 Å². The van der Waals surface area contributed by atoms with Crippen LogP contribution in [0.15, 0.2) is 18.2 Å². The second kappa shape index (κ2) is 7.84. The lowest BCUT2D eigenvalue weighted by molar-refractivity contribution is -0.0968. The Morgan fingerprint density at radius 2 is 2.06 bits per heavy atom. The van der Waals surface area contributed by atoms with Crippen molar-refractivity contribution in [1.82, 2.24) is 19.3 Å². The molecule has 1 saturated carbocycles. The number of imidazole rings is 1.